The Balaban J connectivity index is 1.18. The third kappa shape index (κ3) is 6.40. The number of unbranched alkanes of at least 4 members (excludes halogenated alkanes) is 2. The van der Waals surface area contributed by atoms with Crippen molar-refractivity contribution in [1.29, 1.82) is 0 Å². The fourth-order valence-corrected chi connectivity index (χ4v) is 5.54. The molecule has 34 heavy (non-hydrogen) atoms. The minimum atomic E-state index is -0.0411. The van der Waals surface area contributed by atoms with Gasteiger partial charge >= 0.3 is 0 Å². The van der Waals surface area contributed by atoms with Crippen LogP contribution in [-0.4, -0.2) is 32.6 Å². The zero-order valence-corrected chi connectivity index (χ0v) is 21.3. The lowest BCUT2D eigenvalue weighted by Gasteiger charge is -2.14. The Kier molecular flexibility index (Phi) is 8.26. The number of benzene rings is 2. The molecule has 0 saturated carbocycles. The topological polar surface area (TPSA) is 62.3 Å². The van der Waals surface area contributed by atoms with Crippen molar-refractivity contribution in [3.05, 3.63) is 76.0 Å². The Hall–Kier alpha value is -2.81. The number of thiocarbonyl (C=S) groups is 1. The number of rotatable bonds is 9. The van der Waals surface area contributed by atoms with E-state index in [2.05, 4.69) is 10.3 Å². The van der Waals surface area contributed by atoms with Crippen LogP contribution in [0, 0.1) is 6.92 Å². The van der Waals surface area contributed by atoms with E-state index in [0.29, 0.717) is 27.3 Å². The van der Waals surface area contributed by atoms with Crippen molar-refractivity contribution in [2.45, 2.75) is 32.6 Å². The maximum absolute atomic E-state index is 12.7. The average Bonchev–Trinajstić information content (AvgIpc) is 3.40. The molecule has 1 aromatic heterocycles. The van der Waals surface area contributed by atoms with Gasteiger partial charge in [0.15, 0.2) is 5.13 Å². The lowest BCUT2D eigenvalue weighted by atomic mass is 10.1. The Morgan fingerprint density at radius 3 is 2.62 bits per heavy atom. The van der Waals surface area contributed by atoms with Gasteiger partial charge in [0.25, 0.3) is 5.91 Å². The van der Waals surface area contributed by atoms with Crippen LogP contribution in [0.4, 0.5) is 5.13 Å². The Morgan fingerprint density at radius 2 is 1.85 bits per heavy atom. The summed E-state index contributed by atoms with van der Waals surface area (Å²) < 4.78 is 0.596. The smallest absolute Gasteiger partial charge is 0.266 e. The molecule has 5 nitrogen and oxygen atoms in total. The lowest BCUT2D eigenvalue weighted by Crippen LogP contribution is -2.29. The van der Waals surface area contributed by atoms with E-state index in [9.17, 15) is 9.59 Å². The van der Waals surface area contributed by atoms with Crippen LogP contribution in [0.15, 0.2) is 64.9 Å². The number of aromatic nitrogens is 1. The monoisotopic (exact) mass is 507 g/mol. The fraction of sp³-hybridized carbons (Fsp3) is 0.231. The first-order valence-electron chi connectivity index (χ1n) is 11.1. The van der Waals surface area contributed by atoms with Gasteiger partial charge in [0.2, 0.25) is 5.91 Å². The summed E-state index contributed by atoms with van der Waals surface area (Å²) in [6.07, 6.45) is 4.70. The molecule has 1 saturated heterocycles. The van der Waals surface area contributed by atoms with E-state index in [4.69, 9.17) is 12.2 Å². The minimum absolute atomic E-state index is 0.0358. The number of hydrogen-bond acceptors (Lipinski definition) is 6. The average molecular weight is 508 g/mol. The van der Waals surface area contributed by atoms with Gasteiger partial charge in [0.05, 0.1) is 10.6 Å². The third-order valence-electron chi connectivity index (χ3n) is 5.35. The summed E-state index contributed by atoms with van der Waals surface area (Å²) >= 11 is 8.19. The second-order valence-corrected chi connectivity index (χ2v) is 10.5. The van der Waals surface area contributed by atoms with Gasteiger partial charge in [0.1, 0.15) is 4.32 Å². The van der Waals surface area contributed by atoms with Gasteiger partial charge in [-0.3, -0.25) is 14.5 Å². The van der Waals surface area contributed by atoms with Crippen molar-refractivity contribution in [2.75, 3.05) is 11.9 Å². The molecule has 4 rings (SSSR count). The Labute approximate surface area is 213 Å². The van der Waals surface area contributed by atoms with E-state index >= 15 is 0 Å². The molecule has 2 heterocycles. The molecule has 174 valence electrons. The number of carbonyl (C=O) groups is 2. The zero-order chi connectivity index (χ0) is 23.9. The molecule has 3 aromatic rings. The summed E-state index contributed by atoms with van der Waals surface area (Å²) in [7, 11) is 0. The molecule has 0 aliphatic carbocycles. The molecule has 2 aromatic carbocycles. The highest BCUT2D eigenvalue weighted by Gasteiger charge is 2.31. The molecular formula is C26H25N3O2S3. The van der Waals surface area contributed by atoms with Gasteiger partial charge in [-0.1, -0.05) is 90.6 Å². The number of anilines is 1. The molecular weight excluding hydrogens is 483 g/mol. The summed E-state index contributed by atoms with van der Waals surface area (Å²) in [4.78, 5) is 31.8. The molecule has 0 radical (unpaired) electrons. The van der Waals surface area contributed by atoms with Gasteiger partial charge in [-0.2, -0.15) is 0 Å². The van der Waals surface area contributed by atoms with E-state index in [1.807, 2.05) is 73.0 Å². The highest BCUT2D eigenvalue weighted by atomic mass is 32.2. The van der Waals surface area contributed by atoms with Crippen LogP contribution in [0.5, 0.6) is 0 Å². The molecule has 1 aliphatic heterocycles. The molecule has 1 fully saturated rings. The van der Waals surface area contributed by atoms with Crippen molar-refractivity contribution in [2.24, 2.45) is 0 Å². The number of nitrogens with one attached hydrogen (secondary N) is 1. The van der Waals surface area contributed by atoms with E-state index in [1.165, 1.54) is 28.7 Å². The quantitative estimate of drug-likeness (QED) is 0.203. The zero-order valence-electron chi connectivity index (χ0n) is 18.8. The number of nitrogens with zero attached hydrogens (tertiary/aromatic N) is 2. The van der Waals surface area contributed by atoms with Crippen molar-refractivity contribution >= 4 is 62.7 Å². The molecule has 8 heteroatoms. The Morgan fingerprint density at radius 1 is 1.09 bits per heavy atom. The number of aryl methyl sites for hydroxylation is 1. The maximum atomic E-state index is 12.7. The van der Waals surface area contributed by atoms with E-state index in [0.717, 1.165) is 36.1 Å². The second kappa shape index (κ2) is 11.6. The first-order chi connectivity index (χ1) is 16.5. The second-order valence-electron chi connectivity index (χ2n) is 8.01. The predicted octanol–water partition coefficient (Wildman–Crippen LogP) is 6.52. The van der Waals surface area contributed by atoms with Crippen LogP contribution in [0.25, 0.3) is 17.3 Å². The van der Waals surface area contributed by atoms with Gasteiger partial charge < -0.3 is 5.32 Å². The normalized spacial score (nSPS) is 14.7. The van der Waals surface area contributed by atoms with Gasteiger partial charge in [-0.15, -0.1) is 11.3 Å². The minimum Gasteiger partial charge on any atom is -0.302 e. The molecule has 0 unspecified atom stereocenters. The summed E-state index contributed by atoms with van der Waals surface area (Å²) in [5.41, 5.74) is 4.07. The highest BCUT2D eigenvalue weighted by molar-refractivity contribution is 8.26. The number of amides is 2. The first-order valence-corrected chi connectivity index (χ1v) is 13.2. The molecule has 1 N–H and O–H groups in total. The molecule has 0 bridgehead atoms. The largest absolute Gasteiger partial charge is 0.302 e. The van der Waals surface area contributed by atoms with Gasteiger partial charge in [-0.05, 0) is 31.4 Å². The van der Waals surface area contributed by atoms with Crippen LogP contribution < -0.4 is 5.32 Å². The van der Waals surface area contributed by atoms with Crippen LogP contribution in [0.3, 0.4) is 0 Å². The maximum Gasteiger partial charge on any atom is 0.266 e. The van der Waals surface area contributed by atoms with Crippen LogP contribution in [-0.2, 0) is 9.59 Å². The summed E-state index contributed by atoms with van der Waals surface area (Å²) in [6, 6.07) is 17.9. The summed E-state index contributed by atoms with van der Waals surface area (Å²) in [5.74, 6) is -0.0769. The van der Waals surface area contributed by atoms with Crippen molar-refractivity contribution < 1.29 is 9.59 Å². The number of carbonyl (C=O) groups excluding carboxylic acids is 2. The van der Waals surface area contributed by atoms with Crippen LogP contribution in [0.1, 0.15) is 36.8 Å². The number of thiazole rings is 1. The van der Waals surface area contributed by atoms with E-state index in [1.54, 1.807) is 4.90 Å². The number of hydrogen-bond donors (Lipinski definition) is 1. The van der Waals surface area contributed by atoms with Crippen molar-refractivity contribution in [3.8, 4) is 11.3 Å². The van der Waals surface area contributed by atoms with E-state index < -0.39 is 0 Å². The Bertz CT molecular complexity index is 1200. The number of thioether (sulfide) groups is 1. The third-order valence-corrected chi connectivity index (χ3v) is 7.49. The first kappa shape index (κ1) is 24.3. The summed E-state index contributed by atoms with van der Waals surface area (Å²) in [5, 5.41) is 5.44. The lowest BCUT2D eigenvalue weighted by molar-refractivity contribution is -0.122. The standard InChI is InChI=1S/C26H25N3O2S3/c1-18-11-13-19(14-12-18)16-22-24(31)29(26(32)34-22)15-7-3-6-10-23(30)28-25-27-21(17-33-25)20-8-4-2-5-9-20/h2,4-5,8-9,11-14,16-17H,3,6-7,10,15H2,1H3,(H,27,28,30). The highest BCUT2D eigenvalue weighted by Crippen LogP contribution is 2.33. The van der Waals surface area contributed by atoms with Crippen LogP contribution >= 0.6 is 35.3 Å². The fourth-order valence-electron chi connectivity index (χ4n) is 3.49. The van der Waals surface area contributed by atoms with Gasteiger partial charge in [0, 0.05) is 23.9 Å². The molecule has 1 aliphatic rings. The van der Waals surface area contributed by atoms with Gasteiger partial charge in [-0.25, -0.2) is 4.98 Å². The van der Waals surface area contributed by atoms with Crippen molar-refractivity contribution in [1.82, 2.24) is 9.88 Å². The van der Waals surface area contributed by atoms with Crippen LogP contribution in [0.2, 0.25) is 0 Å². The predicted molar refractivity (Wildman–Crippen MR) is 146 cm³/mol. The molecule has 0 spiro atoms. The van der Waals surface area contributed by atoms with E-state index in [-0.39, 0.29) is 11.8 Å². The SMILES string of the molecule is Cc1ccc(C=C2SC(=S)N(CCCCCC(=O)Nc3nc(-c4ccccc4)cs3)C2=O)cc1. The molecule has 2 amide bonds. The molecule has 0 atom stereocenters. The summed E-state index contributed by atoms with van der Waals surface area (Å²) in [6.45, 7) is 2.61. The van der Waals surface area contributed by atoms with Crippen molar-refractivity contribution in [3.63, 3.8) is 0 Å².